The smallest absolute Gasteiger partial charge is 0.276 e. The Balaban J connectivity index is 2.85. The minimum Gasteiger partial charge on any atom is -0.276 e. The fourth-order valence-corrected chi connectivity index (χ4v) is 2.64. The van der Waals surface area contributed by atoms with E-state index in [0.717, 1.165) is 0 Å². The van der Waals surface area contributed by atoms with Crippen LogP contribution in [0.5, 0.6) is 0 Å². The van der Waals surface area contributed by atoms with Crippen LogP contribution in [-0.4, -0.2) is 11.9 Å². The van der Waals surface area contributed by atoms with Gasteiger partial charge in [0.2, 0.25) is 6.36 Å². The predicted molar refractivity (Wildman–Crippen MR) is 43.9 cm³/mol. The lowest BCUT2D eigenvalue weighted by atomic mass is 9.95. The highest BCUT2D eigenvalue weighted by Gasteiger charge is 2.50. The van der Waals surface area contributed by atoms with Crippen LogP contribution in [0, 0.1) is 5.41 Å². The number of hydrogen-bond acceptors (Lipinski definition) is 3. The molecule has 72 valence electrons. The third-order valence-electron chi connectivity index (χ3n) is 1.61. The van der Waals surface area contributed by atoms with E-state index in [-0.39, 0.29) is 0 Å². The van der Waals surface area contributed by atoms with Gasteiger partial charge in [-0.1, -0.05) is 25.4 Å². The van der Waals surface area contributed by atoms with E-state index in [1.54, 1.807) is 0 Å². The first-order valence-electron chi connectivity index (χ1n) is 3.20. The van der Waals surface area contributed by atoms with Gasteiger partial charge in [0.25, 0.3) is 0 Å². The van der Waals surface area contributed by atoms with Crippen molar-refractivity contribution >= 4 is 29.8 Å². The van der Waals surface area contributed by atoms with E-state index < -0.39 is 24.3 Å². The van der Waals surface area contributed by atoms with E-state index in [1.807, 2.05) is 0 Å². The summed E-state index contributed by atoms with van der Waals surface area (Å²) in [5.41, 5.74) is -2.10. The van der Waals surface area contributed by atoms with Gasteiger partial charge in [0.05, 0.1) is 5.41 Å². The summed E-state index contributed by atoms with van der Waals surface area (Å²) in [6.07, 6.45) is -1.78. The van der Waals surface area contributed by atoms with E-state index in [1.165, 1.54) is 13.8 Å². The SMILES string of the molecule is CC1(C)C(F)OP(=O)(Cl)OC1Cl. The summed E-state index contributed by atoms with van der Waals surface area (Å²) in [5.74, 6) is 0. The Kier molecular flexibility index (Phi) is 2.78. The van der Waals surface area contributed by atoms with E-state index in [4.69, 9.17) is 22.8 Å². The van der Waals surface area contributed by atoms with Crippen molar-refractivity contribution in [1.29, 1.82) is 0 Å². The summed E-state index contributed by atoms with van der Waals surface area (Å²) < 4.78 is 32.9. The van der Waals surface area contributed by atoms with Crippen LogP contribution < -0.4 is 0 Å². The maximum absolute atomic E-state index is 13.1. The fourth-order valence-electron chi connectivity index (χ4n) is 0.621. The van der Waals surface area contributed by atoms with Crippen LogP contribution in [0.15, 0.2) is 0 Å². The number of halogens is 3. The highest BCUT2D eigenvalue weighted by molar-refractivity contribution is 7.81. The Morgan fingerprint density at radius 2 is 2.00 bits per heavy atom. The van der Waals surface area contributed by atoms with Gasteiger partial charge in [-0.05, 0) is 0 Å². The van der Waals surface area contributed by atoms with Crippen LogP contribution in [0.1, 0.15) is 13.8 Å². The molecule has 1 aliphatic rings. The maximum atomic E-state index is 13.1. The molecule has 0 aromatic rings. The van der Waals surface area contributed by atoms with E-state index >= 15 is 0 Å². The van der Waals surface area contributed by atoms with Gasteiger partial charge in [-0.25, -0.2) is 8.96 Å². The fraction of sp³-hybridized carbons (Fsp3) is 1.00. The van der Waals surface area contributed by atoms with Gasteiger partial charge in [0.1, 0.15) is 0 Å². The molecule has 0 bridgehead atoms. The summed E-state index contributed by atoms with van der Waals surface area (Å²) in [7, 11) is 0. The molecule has 0 aromatic carbocycles. The monoisotopic (exact) mass is 236 g/mol. The Hall–Kier alpha value is 0.660. The van der Waals surface area contributed by atoms with Gasteiger partial charge in [0.15, 0.2) is 5.56 Å². The van der Waals surface area contributed by atoms with Crippen molar-refractivity contribution in [3.63, 3.8) is 0 Å². The first-order valence-corrected chi connectivity index (χ1v) is 6.09. The Labute approximate surface area is 79.4 Å². The zero-order valence-corrected chi connectivity index (χ0v) is 8.87. The van der Waals surface area contributed by atoms with Crippen molar-refractivity contribution < 1.29 is 18.0 Å². The van der Waals surface area contributed by atoms with Crippen LogP contribution in [0.2, 0.25) is 0 Å². The Morgan fingerprint density at radius 1 is 1.50 bits per heavy atom. The molecule has 3 nitrogen and oxygen atoms in total. The lowest BCUT2D eigenvalue weighted by molar-refractivity contribution is -0.107. The van der Waals surface area contributed by atoms with Crippen LogP contribution >= 0.6 is 29.8 Å². The van der Waals surface area contributed by atoms with Crippen LogP contribution in [0.4, 0.5) is 4.39 Å². The average Bonchev–Trinajstić information content (AvgIpc) is 1.82. The molecule has 1 rings (SSSR count). The molecule has 0 aliphatic carbocycles. The van der Waals surface area contributed by atoms with Crippen molar-refractivity contribution in [1.82, 2.24) is 0 Å². The molecule has 0 N–H and O–H groups in total. The maximum Gasteiger partial charge on any atom is 0.428 e. The molecule has 3 atom stereocenters. The normalized spacial score (nSPS) is 47.4. The first kappa shape index (κ1) is 10.7. The van der Waals surface area contributed by atoms with Crippen LogP contribution in [-0.2, 0) is 13.6 Å². The first-order chi connectivity index (χ1) is 5.26. The van der Waals surface area contributed by atoms with Gasteiger partial charge in [-0.3, -0.25) is 9.05 Å². The van der Waals surface area contributed by atoms with Crippen molar-refractivity contribution in [2.24, 2.45) is 5.41 Å². The molecule has 0 radical (unpaired) electrons. The Morgan fingerprint density at radius 3 is 2.42 bits per heavy atom. The molecule has 0 aromatic heterocycles. The molecule has 12 heavy (non-hydrogen) atoms. The highest BCUT2D eigenvalue weighted by atomic mass is 35.7. The molecule has 7 heteroatoms. The molecular formula is C5H8Cl2FO3P. The molecule has 1 fully saturated rings. The molecular weight excluding hydrogens is 229 g/mol. The van der Waals surface area contributed by atoms with Gasteiger partial charge >= 0.3 is 6.95 Å². The Bertz CT molecular complexity index is 217. The third kappa shape index (κ3) is 1.94. The summed E-state index contributed by atoms with van der Waals surface area (Å²) >= 11 is 10.8. The summed E-state index contributed by atoms with van der Waals surface area (Å²) in [6.45, 7) is -0.831. The average molecular weight is 237 g/mol. The predicted octanol–water partition coefficient (Wildman–Crippen LogP) is 3.27. The van der Waals surface area contributed by atoms with Crippen molar-refractivity contribution in [3.8, 4) is 0 Å². The van der Waals surface area contributed by atoms with Crippen molar-refractivity contribution in [3.05, 3.63) is 0 Å². The third-order valence-corrected chi connectivity index (χ3v) is 3.76. The largest absolute Gasteiger partial charge is 0.428 e. The summed E-state index contributed by atoms with van der Waals surface area (Å²) in [4.78, 5) is 0. The second-order valence-corrected chi connectivity index (χ2v) is 6.02. The van der Waals surface area contributed by atoms with Crippen LogP contribution in [0.25, 0.3) is 0 Å². The summed E-state index contributed by atoms with van der Waals surface area (Å²) in [6, 6.07) is 0. The molecule has 1 aliphatic heterocycles. The molecule has 0 spiro atoms. The van der Waals surface area contributed by atoms with Gasteiger partial charge in [0, 0.05) is 11.2 Å². The second kappa shape index (κ2) is 3.10. The molecule has 3 unspecified atom stereocenters. The van der Waals surface area contributed by atoms with Crippen molar-refractivity contribution in [2.75, 3.05) is 0 Å². The lowest BCUT2D eigenvalue weighted by Gasteiger charge is -2.38. The highest BCUT2D eigenvalue weighted by Crippen LogP contribution is 2.63. The van der Waals surface area contributed by atoms with E-state index in [9.17, 15) is 8.96 Å². The topological polar surface area (TPSA) is 35.5 Å². The molecule has 0 amide bonds. The minimum absolute atomic E-state index is 1.05. The van der Waals surface area contributed by atoms with Gasteiger partial charge in [-0.15, -0.1) is 0 Å². The second-order valence-electron chi connectivity index (χ2n) is 3.09. The van der Waals surface area contributed by atoms with Crippen LogP contribution in [0.3, 0.4) is 0 Å². The number of rotatable bonds is 0. The van der Waals surface area contributed by atoms with Gasteiger partial charge < -0.3 is 0 Å². The molecule has 1 heterocycles. The zero-order chi connectivity index (χ0) is 9.57. The van der Waals surface area contributed by atoms with Gasteiger partial charge in [-0.2, -0.15) is 0 Å². The molecule has 0 saturated carbocycles. The van der Waals surface area contributed by atoms with E-state index in [2.05, 4.69) is 9.05 Å². The number of hydrogen-bond donors (Lipinski definition) is 0. The molecule has 1 saturated heterocycles. The van der Waals surface area contributed by atoms with E-state index in [0.29, 0.717) is 0 Å². The zero-order valence-electron chi connectivity index (χ0n) is 6.46. The minimum atomic E-state index is -3.81. The quantitative estimate of drug-likeness (QED) is 0.479. The number of alkyl halides is 2. The van der Waals surface area contributed by atoms with Crippen molar-refractivity contribution in [2.45, 2.75) is 25.8 Å². The standard InChI is InChI=1S/C5H8Cl2FO3P/c1-5(2)3(6)10-12(7,9)11-4(5)8/h3-4H,1-2H3. The summed E-state index contributed by atoms with van der Waals surface area (Å²) in [5, 5.41) is 0. The lowest BCUT2D eigenvalue weighted by Crippen LogP contribution is -2.40.